The number of aromatic amines is 1. The lowest BCUT2D eigenvalue weighted by atomic mass is 10.1. The van der Waals surface area contributed by atoms with Gasteiger partial charge in [0.25, 0.3) is 6.01 Å². The number of oxazole rings is 1. The molecule has 2 N–H and O–H groups in total. The number of methoxy groups -OCH3 is 2. The molecule has 0 saturated carbocycles. The summed E-state index contributed by atoms with van der Waals surface area (Å²) in [6, 6.07) is 11.8. The van der Waals surface area contributed by atoms with E-state index in [9.17, 15) is 0 Å². The van der Waals surface area contributed by atoms with Crippen LogP contribution >= 0.6 is 0 Å². The van der Waals surface area contributed by atoms with E-state index in [-0.39, 0.29) is 0 Å². The second-order valence-corrected chi connectivity index (χ2v) is 6.65. The minimum absolute atomic E-state index is 0.391. The third kappa shape index (κ3) is 5.14. The van der Waals surface area contributed by atoms with Gasteiger partial charge in [-0.15, -0.1) is 0 Å². The number of aromatic nitrogens is 3. The van der Waals surface area contributed by atoms with E-state index in [1.54, 1.807) is 26.6 Å². The van der Waals surface area contributed by atoms with Gasteiger partial charge in [0.15, 0.2) is 17.3 Å². The highest BCUT2D eigenvalue weighted by molar-refractivity contribution is 5.82. The summed E-state index contributed by atoms with van der Waals surface area (Å²) in [6.45, 7) is 1.92. The van der Waals surface area contributed by atoms with Crippen LogP contribution in [0.3, 0.4) is 0 Å². The summed E-state index contributed by atoms with van der Waals surface area (Å²) >= 11 is 0. The standard InChI is InChI=1S/C22H24N4O5/c1-27-7-8-29-9-10-30-20-12-15(3-6-19(20)28-2)21-14-23-22(31-21)25-17-4-5-18-16(11-17)13-24-26-18/h3-6,11-14H,7-10H2,1-2H3,(H,23,25)(H,24,26). The normalized spacial score (nSPS) is 11.0. The van der Waals surface area contributed by atoms with Crippen LogP contribution in [0.25, 0.3) is 22.2 Å². The number of fused-ring (bicyclic) bond motifs is 1. The number of H-pyrrole nitrogens is 1. The van der Waals surface area contributed by atoms with E-state index in [2.05, 4.69) is 20.5 Å². The van der Waals surface area contributed by atoms with Crippen LogP contribution in [-0.4, -0.2) is 55.8 Å². The van der Waals surface area contributed by atoms with Crippen molar-refractivity contribution in [3.05, 3.63) is 48.8 Å². The van der Waals surface area contributed by atoms with Gasteiger partial charge in [-0.1, -0.05) is 0 Å². The number of hydrogen-bond acceptors (Lipinski definition) is 8. The second kappa shape index (κ2) is 9.96. The maximum absolute atomic E-state index is 5.89. The molecule has 0 aliphatic heterocycles. The molecule has 9 nitrogen and oxygen atoms in total. The summed E-state index contributed by atoms with van der Waals surface area (Å²) in [5.74, 6) is 1.84. The summed E-state index contributed by atoms with van der Waals surface area (Å²) in [6.07, 6.45) is 3.43. The van der Waals surface area contributed by atoms with Gasteiger partial charge in [0.1, 0.15) is 6.61 Å². The molecule has 0 radical (unpaired) electrons. The van der Waals surface area contributed by atoms with Crippen LogP contribution in [0.5, 0.6) is 11.5 Å². The Labute approximate surface area is 179 Å². The summed E-state index contributed by atoms with van der Waals surface area (Å²) in [5.41, 5.74) is 2.64. The van der Waals surface area contributed by atoms with E-state index in [1.165, 1.54) is 0 Å². The number of anilines is 2. The average Bonchev–Trinajstić information content (AvgIpc) is 3.45. The maximum atomic E-state index is 5.89. The van der Waals surface area contributed by atoms with Crippen LogP contribution in [0.2, 0.25) is 0 Å². The molecule has 4 rings (SSSR count). The number of ether oxygens (including phenoxy) is 4. The van der Waals surface area contributed by atoms with E-state index in [0.717, 1.165) is 22.2 Å². The Bertz CT molecular complexity index is 1120. The first-order chi connectivity index (χ1) is 15.3. The van der Waals surface area contributed by atoms with E-state index >= 15 is 0 Å². The van der Waals surface area contributed by atoms with E-state index < -0.39 is 0 Å². The number of nitrogens with one attached hydrogen (secondary N) is 2. The van der Waals surface area contributed by atoms with Gasteiger partial charge in [-0.2, -0.15) is 5.10 Å². The zero-order valence-corrected chi connectivity index (χ0v) is 17.4. The zero-order valence-electron chi connectivity index (χ0n) is 17.4. The van der Waals surface area contributed by atoms with Gasteiger partial charge in [-0.3, -0.25) is 5.10 Å². The molecule has 0 unspecified atom stereocenters. The fourth-order valence-corrected chi connectivity index (χ4v) is 3.01. The monoisotopic (exact) mass is 424 g/mol. The largest absolute Gasteiger partial charge is 0.493 e. The zero-order chi connectivity index (χ0) is 21.5. The van der Waals surface area contributed by atoms with Crippen LogP contribution in [0.15, 0.2) is 53.2 Å². The molecule has 9 heteroatoms. The Hall–Kier alpha value is -3.56. The fourth-order valence-electron chi connectivity index (χ4n) is 3.01. The molecule has 0 aliphatic rings. The molecule has 0 atom stereocenters. The smallest absolute Gasteiger partial charge is 0.299 e. The lowest BCUT2D eigenvalue weighted by Gasteiger charge is -2.12. The minimum atomic E-state index is 0.391. The Morgan fingerprint density at radius 3 is 2.74 bits per heavy atom. The highest BCUT2D eigenvalue weighted by Crippen LogP contribution is 2.34. The van der Waals surface area contributed by atoms with Crippen molar-refractivity contribution in [2.45, 2.75) is 0 Å². The molecule has 2 heterocycles. The van der Waals surface area contributed by atoms with Gasteiger partial charge in [-0.25, -0.2) is 4.98 Å². The van der Waals surface area contributed by atoms with Crippen molar-refractivity contribution in [3.8, 4) is 22.8 Å². The van der Waals surface area contributed by atoms with Crippen LogP contribution in [0.4, 0.5) is 11.7 Å². The second-order valence-electron chi connectivity index (χ2n) is 6.65. The first-order valence-electron chi connectivity index (χ1n) is 9.80. The van der Waals surface area contributed by atoms with Crippen molar-refractivity contribution in [1.82, 2.24) is 15.2 Å². The van der Waals surface area contributed by atoms with Gasteiger partial charge in [-0.05, 0) is 36.4 Å². The molecular weight excluding hydrogens is 400 g/mol. The Morgan fingerprint density at radius 2 is 1.87 bits per heavy atom. The number of rotatable bonds is 11. The van der Waals surface area contributed by atoms with Gasteiger partial charge in [0.2, 0.25) is 0 Å². The fraction of sp³-hybridized carbons (Fsp3) is 0.273. The van der Waals surface area contributed by atoms with Crippen molar-refractivity contribution in [3.63, 3.8) is 0 Å². The van der Waals surface area contributed by atoms with Gasteiger partial charge in [0.05, 0.1) is 44.8 Å². The van der Waals surface area contributed by atoms with E-state index in [1.807, 2.05) is 36.4 Å². The van der Waals surface area contributed by atoms with Crippen molar-refractivity contribution in [2.75, 3.05) is 46.0 Å². The molecule has 0 fully saturated rings. The average molecular weight is 424 g/mol. The lowest BCUT2D eigenvalue weighted by molar-refractivity contribution is 0.0540. The molecule has 162 valence electrons. The van der Waals surface area contributed by atoms with Crippen molar-refractivity contribution >= 4 is 22.6 Å². The van der Waals surface area contributed by atoms with Crippen molar-refractivity contribution in [1.29, 1.82) is 0 Å². The highest BCUT2D eigenvalue weighted by atomic mass is 16.5. The van der Waals surface area contributed by atoms with Crippen molar-refractivity contribution < 1.29 is 23.4 Å². The number of nitrogens with zero attached hydrogens (tertiary/aromatic N) is 2. The Kier molecular flexibility index (Phi) is 6.65. The van der Waals surface area contributed by atoms with E-state index in [0.29, 0.717) is 49.7 Å². The minimum Gasteiger partial charge on any atom is -0.493 e. The summed E-state index contributed by atoms with van der Waals surface area (Å²) in [4.78, 5) is 4.33. The molecular formula is C22H24N4O5. The molecule has 0 saturated heterocycles. The van der Waals surface area contributed by atoms with Crippen LogP contribution in [0.1, 0.15) is 0 Å². The van der Waals surface area contributed by atoms with Crippen LogP contribution in [0, 0.1) is 0 Å². The molecule has 0 aliphatic carbocycles. The van der Waals surface area contributed by atoms with Gasteiger partial charge >= 0.3 is 0 Å². The molecule has 0 amide bonds. The van der Waals surface area contributed by atoms with Crippen LogP contribution in [-0.2, 0) is 9.47 Å². The lowest BCUT2D eigenvalue weighted by Crippen LogP contribution is -2.10. The molecule has 4 aromatic rings. The molecule has 31 heavy (non-hydrogen) atoms. The predicted molar refractivity (Wildman–Crippen MR) is 116 cm³/mol. The molecule has 2 aromatic carbocycles. The number of benzene rings is 2. The summed E-state index contributed by atoms with van der Waals surface area (Å²) in [5, 5.41) is 11.1. The summed E-state index contributed by atoms with van der Waals surface area (Å²) in [7, 11) is 3.24. The summed E-state index contributed by atoms with van der Waals surface area (Å²) < 4.78 is 27.5. The van der Waals surface area contributed by atoms with E-state index in [4.69, 9.17) is 23.4 Å². The Balaban J connectivity index is 1.43. The molecule has 2 aromatic heterocycles. The van der Waals surface area contributed by atoms with Gasteiger partial charge < -0.3 is 28.7 Å². The molecule has 0 bridgehead atoms. The third-order valence-electron chi connectivity index (χ3n) is 4.56. The van der Waals surface area contributed by atoms with Gasteiger partial charge in [0, 0.05) is 23.7 Å². The first kappa shape index (κ1) is 20.7. The van der Waals surface area contributed by atoms with Crippen molar-refractivity contribution in [2.24, 2.45) is 0 Å². The maximum Gasteiger partial charge on any atom is 0.299 e. The SMILES string of the molecule is COCCOCCOc1cc(-c2cnc(Nc3ccc4[nH]ncc4c3)o2)ccc1OC. The van der Waals surface area contributed by atoms with Crippen LogP contribution < -0.4 is 14.8 Å². The number of hydrogen-bond donors (Lipinski definition) is 2. The molecule has 0 spiro atoms. The predicted octanol–water partition coefficient (Wildman–Crippen LogP) is 4.01. The first-order valence-corrected chi connectivity index (χ1v) is 9.80. The third-order valence-corrected chi connectivity index (χ3v) is 4.56. The highest BCUT2D eigenvalue weighted by Gasteiger charge is 2.12. The topological polar surface area (TPSA) is 104 Å². The Morgan fingerprint density at radius 1 is 0.968 bits per heavy atom. The quantitative estimate of drug-likeness (QED) is 0.348.